The zero-order valence-corrected chi connectivity index (χ0v) is 20.5. The van der Waals surface area contributed by atoms with Gasteiger partial charge in [0.1, 0.15) is 0 Å². The quantitative estimate of drug-likeness (QED) is 0.532. The summed E-state index contributed by atoms with van der Waals surface area (Å²) in [4.78, 5) is 32.3. The predicted octanol–water partition coefficient (Wildman–Crippen LogP) is 3.07. The zero-order chi connectivity index (χ0) is 23.2. The molecule has 188 valence electrons. The number of likely N-dealkylation sites (tertiary alicyclic amines) is 1. The molecule has 1 saturated carbocycles. The molecule has 33 heavy (non-hydrogen) atoms. The van der Waals surface area contributed by atoms with Gasteiger partial charge in [-0.05, 0) is 64.1 Å². The molecule has 0 bridgehead atoms. The Kier molecular flexibility index (Phi) is 8.88. The molecule has 4 fully saturated rings. The summed E-state index contributed by atoms with van der Waals surface area (Å²) in [5.74, 6) is 0.107. The van der Waals surface area contributed by atoms with Crippen molar-refractivity contribution in [2.45, 2.75) is 88.9 Å². The summed E-state index contributed by atoms with van der Waals surface area (Å²) in [6.45, 7) is 6.93. The monoisotopic (exact) mass is 464 g/mol. The summed E-state index contributed by atoms with van der Waals surface area (Å²) in [7, 11) is 1.88. The topological polar surface area (TPSA) is 76.6 Å². The van der Waals surface area contributed by atoms with Crippen LogP contribution in [-0.2, 0) is 9.53 Å². The van der Waals surface area contributed by atoms with E-state index in [1.807, 2.05) is 11.9 Å². The highest BCUT2D eigenvalue weighted by Crippen LogP contribution is 2.31. The highest BCUT2D eigenvalue weighted by molar-refractivity contribution is 5.70. The van der Waals surface area contributed by atoms with E-state index in [1.54, 1.807) is 0 Å². The average molecular weight is 465 g/mol. The molecule has 3 aliphatic heterocycles. The van der Waals surface area contributed by atoms with Crippen LogP contribution < -0.4 is 0 Å². The van der Waals surface area contributed by atoms with Gasteiger partial charge in [-0.25, -0.2) is 4.79 Å². The SMILES string of the molecule is CN1C(=O)OC(N2CCN(CCCC(=O)O)CC2)C1CCCC1CCN(C2CCCC2)CC1. The number of hydrogen-bond acceptors (Lipinski definition) is 6. The summed E-state index contributed by atoms with van der Waals surface area (Å²) < 4.78 is 5.80. The number of hydrogen-bond donors (Lipinski definition) is 1. The van der Waals surface area contributed by atoms with Crippen LogP contribution in [0.2, 0.25) is 0 Å². The Morgan fingerprint density at radius 1 is 0.939 bits per heavy atom. The van der Waals surface area contributed by atoms with Gasteiger partial charge in [-0.1, -0.05) is 25.7 Å². The van der Waals surface area contributed by atoms with Gasteiger partial charge in [0.15, 0.2) is 6.23 Å². The van der Waals surface area contributed by atoms with Crippen molar-refractivity contribution >= 4 is 12.1 Å². The van der Waals surface area contributed by atoms with Crippen molar-refractivity contribution < 1.29 is 19.4 Å². The number of ether oxygens (including phenoxy) is 1. The maximum absolute atomic E-state index is 12.3. The highest BCUT2D eigenvalue weighted by atomic mass is 16.6. The first kappa shape index (κ1) is 24.7. The van der Waals surface area contributed by atoms with Gasteiger partial charge in [-0.2, -0.15) is 0 Å². The fraction of sp³-hybridized carbons (Fsp3) is 0.920. The fourth-order valence-electron chi connectivity index (χ4n) is 6.43. The minimum Gasteiger partial charge on any atom is -0.481 e. The van der Waals surface area contributed by atoms with E-state index in [9.17, 15) is 9.59 Å². The molecular weight excluding hydrogens is 420 g/mol. The Labute approximate surface area is 199 Å². The lowest BCUT2D eigenvalue weighted by Gasteiger charge is -2.39. The van der Waals surface area contributed by atoms with Gasteiger partial charge in [0.25, 0.3) is 0 Å². The lowest BCUT2D eigenvalue weighted by molar-refractivity contribution is -0.137. The van der Waals surface area contributed by atoms with Crippen LogP contribution >= 0.6 is 0 Å². The van der Waals surface area contributed by atoms with Crippen molar-refractivity contribution in [2.75, 3.05) is 52.9 Å². The van der Waals surface area contributed by atoms with Gasteiger partial charge in [-0.3, -0.25) is 9.69 Å². The van der Waals surface area contributed by atoms with E-state index in [2.05, 4.69) is 14.7 Å². The number of aliphatic carboxylic acids is 1. The molecule has 8 nitrogen and oxygen atoms in total. The van der Waals surface area contributed by atoms with Gasteiger partial charge in [-0.15, -0.1) is 0 Å². The minimum atomic E-state index is -0.725. The van der Waals surface area contributed by atoms with Gasteiger partial charge in [0.2, 0.25) is 0 Å². The molecule has 0 aromatic carbocycles. The van der Waals surface area contributed by atoms with Crippen LogP contribution in [0.1, 0.15) is 70.6 Å². The first-order valence-electron chi connectivity index (χ1n) is 13.4. The van der Waals surface area contributed by atoms with Crippen molar-refractivity contribution in [3.8, 4) is 0 Å². The van der Waals surface area contributed by atoms with Gasteiger partial charge < -0.3 is 24.5 Å². The van der Waals surface area contributed by atoms with E-state index >= 15 is 0 Å². The van der Waals surface area contributed by atoms with Crippen LogP contribution in [0.15, 0.2) is 0 Å². The molecule has 1 aliphatic carbocycles. The summed E-state index contributed by atoms with van der Waals surface area (Å²) in [5.41, 5.74) is 0. The van der Waals surface area contributed by atoms with E-state index < -0.39 is 5.97 Å². The second-order valence-electron chi connectivity index (χ2n) is 10.7. The zero-order valence-electron chi connectivity index (χ0n) is 20.5. The van der Waals surface area contributed by atoms with Crippen molar-refractivity contribution in [1.29, 1.82) is 0 Å². The molecule has 0 aromatic heterocycles. The molecule has 1 amide bonds. The molecule has 1 N–H and O–H groups in total. The van der Waals surface area contributed by atoms with Crippen LogP contribution in [0.5, 0.6) is 0 Å². The van der Waals surface area contributed by atoms with E-state index in [-0.39, 0.29) is 24.8 Å². The maximum Gasteiger partial charge on any atom is 0.411 e. The van der Waals surface area contributed by atoms with Crippen LogP contribution in [0.25, 0.3) is 0 Å². The second-order valence-corrected chi connectivity index (χ2v) is 10.7. The van der Waals surface area contributed by atoms with Crippen molar-refractivity contribution in [3.05, 3.63) is 0 Å². The van der Waals surface area contributed by atoms with E-state index in [0.29, 0.717) is 6.42 Å². The summed E-state index contributed by atoms with van der Waals surface area (Å²) >= 11 is 0. The third-order valence-electron chi connectivity index (χ3n) is 8.57. The maximum atomic E-state index is 12.3. The molecule has 4 aliphatic rings. The molecule has 3 heterocycles. The number of piperidine rings is 1. The number of carboxylic acids is 1. The Balaban J connectivity index is 1.18. The van der Waals surface area contributed by atoms with Crippen LogP contribution in [0.4, 0.5) is 4.79 Å². The summed E-state index contributed by atoms with van der Waals surface area (Å²) in [5, 5.41) is 8.84. The number of piperazine rings is 1. The standard InChI is InChI=1S/C25H44N4O4/c1-26-22(9-4-6-20-11-14-28(15-12-20)21-7-2-3-8-21)24(33-25(26)32)29-18-16-27(17-19-29)13-5-10-23(30)31/h20-22,24H,2-19H2,1H3,(H,30,31). The number of rotatable bonds is 10. The van der Waals surface area contributed by atoms with Crippen molar-refractivity contribution in [2.24, 2.45) is 5.92 Å². The van der Waals surface area contributed by atoms with E-state index in [0.717, 1.165) is 57.5 Å². The Morgan fingerprint density at radius 3 is 2.30 bits per heavy atom. The third-order valence-corrected chi connectivity index (χ3v) is 8.57. The first-order chi connectivity index (χ1) is 16.0. The van der Waals surface area contributed by atoms with E-state index in [4.69, 9.17) is 9.84 Å². The predicted molar refractivity (Wildman–Crippen MR) is 127 cm³/mol. The molecule has 0 spiro atoms. The summed E-state index contributed by atoms with van der Waals surface area (Å²) in [6.07, 6.45) is 12.3. The summed E-state index contributed by atoms with van der Waals surface area (Å²) in [6, 6.07) is 0.995. The molecule has 2 unspecified atom stereocenters. The molecule has 0 radical (unpaired) electrons. The second kappa shape index (κ2) is 11.8. The van der Waals surface area contributed by atoms with E-state index in [1.165, 1.54) is 58.0 Å². The van der Waals surface area contributed by atoms with Crippen LogP contribution in [0.3, 0.4) is 0 Å². The van der Waals surface area contributed by atoms with Crippen LogP contribution in [-0.4, -0.2) is 108 Å². The average Bonchev–Trinajstić information content (AvgIpc) is 3.44. The number of carbonyl (C=O) groups excluding carboxylic acids is 1. The van der Waals surface area contributed by atoms with Gasteiger partial charge in [0.05, 0.1) is 6.04 Å². The number of amides is 1. The molecule has 8 heteroatoms. The van der Waals surface area contributed by atoms with Crippen molar-refractivity contribution in [1.82, 2.24) is 19.6 Å². The molecule has 0 aromatic rings. The molecule has 4 rings (SSSR count). The lowest BCUT2D eigenvalue weighted by atomic mass is 9.89. The number of nitrogens with zero attached hydrogens (tertiary/aromatic N) is 4. The normalized spacial score (nSPS) is 29.1. The fourth-order valence-corrected chi connectivity index (χ4v) is 6.43. The molecule has 3 saturated heterocycles. The minimum absolute atomic E-state index is 0.134. The van der Waals surface area contributed by atoms with Crippen LogP contribution in [0, 0.1) is 5.92 Å². The third kappa shape index (κ3) is 6.61. The number of likely N-dealkylation sites (N-methyl/N-ethyl adjacent to an activating group) is 1. The first-order valence-corrected chi connectivity index (χ1v) is 13.4. The van der Waals surface area contributed by atoms with Gasteiger partial charge in [0, 0.05) is 45.7 Å². The number of cyclic esters (lactones) is 1. The van der Waals surface area contributed by atoms with Crippen molar-refractivity contribution in [3.63, 3.8) is 0 Å². The van der Waals surface area contributed by atoms with Gasteiger partial charge >= 0.3 is 12.1 Å². The lowest BCUT2D eigenvalue weighted by Crippen LogP contribution is -2.54. The molecular formula is C25H44N4O4. The Morgan fingerprint density at radius 2 is 1.64 bits per heavy atom. The molecule has 2 atom stereocenters. The Hall–Kier alpha value is -1.38. The number of carbonyl (C=O) groups is 2. The smallest absolute Gasteiger partial charge is 0.411 e. The number of carboxylic acid groups (broad SMARTS) is 1. The highest BCUT2D eigenvalue weighted by Gasteiger charge is 2.43. The Bertz CT molecular complexity index is 640. The largest absolute Gasteiger partial charge is 0.481 e.